The van der Waals surface area contributed by atoms with Gasteiger partial charge in [-0.2, -0.15) is 0 Å². The first-order chi connectivity index (χ1) is 11.2. The van der Waals surface area contributed by atoms with E-state index in [-0.39, 0.29) is 0 Å². The zero-order valence-electron chi connectivity index (χ0n) is 15.1. The van der Waals surface area contributed by atoms with Crippen molar-refractivity contribution in [2.45, 2.75) is 76.7 Å². The summed E-state index contributed by atoms with van der Waals surface area (Å²) in [7, 11) is 0. The van der Waals surface area contributed by atoms with Gasteiger partial charge in [0, 0.05) is 6.04 Å². The second kappa shape index (κ2) is 6.24. The van der Waals surface area contributed by atoms with E-state index in [0.717, 1.165) is 17.9 Å². The Hall–Kier alpha value is -0.820. The van der Waals surface area contributed by atoms with Gasteiger partial charge in [0.2, 0.25) is 0 Å². The molecule has 0 N–H and O–H groups in total. The van der Waals surface area contributed by atoms with Crippen molar-refractivity contribution in [2.75, 3.05) is 13.1 Å². The fourth-order valence-corrected chi connectivity index (χ4v) is 5.73. The van der Waals surface area contributed by atoms with E-state index >= 15 is 0 Å². The summed E-state index contributed by atoms with van der Waals surface area (Å²) in [5.41, 5.74) is 3.86. The Balaban J connectivity index is 1.37. The van der Waals surface area contributed by atoms with E-state index in [1.54, 1.807) is 11.1 Å². The summed E-state index contributed by atoms with van der Waals surface area (Å²) in [4.78, 5) is 2.85. The van der Waals surface area contributed by atoms with Gasteiger partial charge in [-0.1, -0.05) is 38.1 Å². The van der Waals surface area contributed by atoms with Crippen LogP contribution in [-0.4, -0.2) is 24.0 Å². The molecule has 1 aliphatic heterocycles. The van der Waals surface area contributed by atoms with Crippen LogP contribution in [0.15, 0.2) is 24.3 Å². The SMILES string of the molecule is CC(C)C1CCC(N2CCC3(CCc4ccccc43)CC2)CC1. The van der Waals surface area contributed by atoms with Gasteiger partial charge in [0.15, 0.2) is 0 Å². The van der Waals surface area contributed by atoms with Gasteiger partial charge in [-0.05, 0) is 92.8 Å². The molecule has 1 saturated heterocycles. The van der Waals surface area contributed by atoms with Crippen LogP contribution in [0.3, 0.4) is 0 Å². The zero-order valence-corrected chi connectivity index (χ0v) is 15.1. The van der Waals surface area contributed by atoms with Crippen LogP contribution in [0, 0.1) is 11.8 Å². The fraction of sp³-hybridized carbons (Fsp3) is 0.727. The molecule has 0 atom stereocenters. The van der Waals surface area contributed by atoms with Crippen LogP contribution in [0.5, 0.6) is 0 Å². The maximum Gasteiger partial charge on any atom is 0.00954 e. The molecule has 0 amide bonds. The molecule has 23 heavy (non-hydrogen) atoms. The normalized spacial score (nSPS) is 30.7. The predicted molar refractivity (Wildman–Crippen MR) is 97.8 cm³/mol. The number of rotatable bonds is 2. The standard InChI is InChI=1S/C22H33N/c1-17(2)18-7-9-20(10-8-18)23-15-13-22(14-16-23)12-11-19-5-3-4-6-21(19)22/h3-6,17-18,20H,7-16H2,1-2H3. The molecular formula is C22H33N. The van der Waals surface area contributed by atoms with Gasteiger partial charge in [0.25, 0.3) is 0 Å². The second-order valence-electron chi connectivity index (χ2n) is 8.79. The van der Waals surface area contributed by atoms with Crippen LogP contribution in [0.1, 0.15) is 69.9 Å². The van der Waals surface area contributed by atoms with Crippen molar-refractivity contribution in [1.29, 1.82) is 0 Å². The Morgan fingerprint density at radius 1 is 0.957 bits per heavy atom. The van der Waals surface area contributed by atoms with Gasteiger partial charge in [-0.3, -0.25) is 0 Å². The number of benzene rings is 1. The van der Waals surface area contributed by atoms with Gasteiger partial charge in [-0.25, -0.2) is 0 Å². The highest BCUT2D eigenvalue weighted by molar-refractivity contribution is 5.39. The number of hydrogen-bond donors (Lipinski definition) is 0. The highest BCUT2D eigenvalue weighted by atomic mass is 15.2. The number of piperidine rings is 1. The van der Waals surface area contributed by atoms with E-state index in [1.807, 2.05) is 0 Å². The van der Waals surface area contributed by atoms with Crippen molar-refractivity contribution in [1.82, 2.24) is 4.90 Å². The monoisotopic (exact) mass is 311 g/mol. The molecule has 2 aliphatic carbocycles. The van der Waals surface area contributed by atoms with Gasteiger partial charge in [0.1, 0.15) is 0 Å². The Labute approximate surface area is 142 Å². The number of fused-ring (bicyclic) bond motifs is 2. The average molecular weight is 312 g/mol. The molecule has 0 unspecified atom stereocenters. The molecule has 4 rings (SSSR count). The molecule has 0 bridgehead atoms. The van der Waals surface area contributed by atoms with Crippen LogP contribution in [0.4, 0.5) is 0 Å². The maximum atomic E-state index is 2.85. The van der Waals surface area contributed by atoms with Crippen molar-refractivity contribution >= 4 is 0 Å². The Bertz CT molecular complexity index is 531. The third-order valence-electron chi connectivity index (χ3n) is 7.42. The van der Waals surface area contributed by atoms with E-state index in [1.165, 1.54) is 64.5 Å². The first kappa shape index (κ1) is 15.7. The molecule has 1 aromatic carbocycles. The molecule has 3 aliphatic rings. The molecule has 2 fully saturated rings. The van der Waals surface area contributed by atoms with Crippen molar-refractivity contribution in [3.05, 3.63) is 35.4 Å². The highest BCUT2D eigenvalue weighted by Gasteiger charge is 2.42. The van der Waals surface area contributed by atoms with Gasteiger partial charge in [0.05, 0.1) is 0 Å². The summed E-state index contributed by atoms with van der Waals surface area (Å²) in [5, 5.41) is 0. The summed E-state index contributed by atoms with van der Waals surface area (Å²) in [6.07, 6.45) is 11.3. The number of nitrogens with zero attached hydrogens (tertiary/aromatic N) is 1. The Morgan fingerprint density at radius 2 is 1.65 bits per heavy atom. The predicted octanol–water partition coefficient (Wildman–Crippen LogP) is 5.18. The summed E-state index contributed by atoms with van der Waals surface area (Å²) in [5.74, 6) is 1.87. The van der Waals surface area contributed by atoms with Crippen molar-refractivity contribution < 1.29 is 0 Å². The van der Waals surface area contributed by atoms with Crippen LogP contribution < -0.4 is 0 Å². The Morgan fingerprint density at radius 3 is 2.35 bits per heavy atom. The minimum Gasteiger partial charge on any atom is -0.300 e. The molecule has 126 valence electrons. The van der Waals surface area contributed by atoms with E-state index in [2.05, 4.69) is 43.0 Å². The van der Waals surface area contributed by atoms with Crippen LogP contribution in [0.2, 0.25) is 0 Å². The molecule has 1 nitrogen and oxygen atoms in total. The van der Waals surface area contributed by atoms with Crippen molar-refractivity contribution in [3.63, 3.8) is 0 Å². The van der Waals surface area contributed by atoms with E-state index in [4.69, 9.17) is 0 Å². The van der Waals surface area contributed by atoms with Crippen molar-refractivity contribution in [3.8, 4) is 0 Å². The molecular weight excluding hydrogens is 278 g/mol. The summed E-state index contributed by atoms with van der Waals surface area (Å²) >= 11 is 0. The Kier molecular flexibility index (Phi) is 4.26. The molecule has 1 heteroatoms. The summed E-state index contributed by atoms with van der Waals surface area (Å²) in [6.45, 7) is 7.50. The van der Waals surface area contributed by atoms with E-state index in [9.17, 15) is 0 Å². The lowest BCUT2D eigenvalue weighted by molar-refractivity contribution is 0.0760. The second-order valence-corrected chi connectivity index (χ2v) is 8.79. The lowest BCUT2D eigenvalue weighted by atomic mass is 9.72. The van der Waals surface area contributed by atoms with Crippen LogP contribution >= 0.6 is 0 Å². The number of hydrogen-bond acceptors (Lipinski definition) is 1. The summed E-state index contributed by atoms with van der Waals surface area (Å²) in [6, 6.07) is 10.2. The van der Waals surface area contributed by atoms with Crippen molar-refractivity contribution in [2.24, 2.45) is 11.8 Å². The average Bonchev–Trinajstić information content (AvgIpc) is 2.95. The quantitative estimate of drug-likeness (QED) is 0.727. The maximum absolute atomic E-state index is 2.85. The third-order valence-corrected chi connectivity index (χ3v) is 7.42. The fourth-order valence-electron chi connectivity index (χ4n) is 5.73. The lowest BCUT2D eigenvalue weighted by Crippen LogP contribution is -2.47. The minimum absolute atomic E-state index is 0.530. The van der Waals surface area contributed by atoms with E-state index < -0.39 is 0 Å². The molecule has 1 aromatic rings. The van der Waals surface area contributed by atoms with Crippen LogP contribution in [0.25, 0.3) is 0 Å². The molecule has 1 saturated carbocycles. The van der Waals surface area contributed by atoms with E-state index in [0.29, 0.717) is 5.41 Å². The third kappa shape index (κ3) is 2.86. The highest BCUT2D eigenvalue weighted by Crippen LogP contribution is 2.47. The topological polar surface area (TPSA) is 3.24 Å². The number of likely N-dealkylation sites (tertiary alicyclic amines) is 1. The van der Waals surface area contributed by atoms with Gasteiger partial charge >= 0.3 is 0 Å². The summed E-state index contributed by atoms with van der Waals surface area (Å²) < 4.78 is 0. The lowest BCUT2D eigenvalue weighted by Gasteiger charge is -2.45. The first-order valence-corrected chi connectivity index (χ1v) is 10.0. The van der Waals surface area contributed by atoms with Gasteiger partial charge in [-0.15, -0.1) is 0 Å². The molecule has 0 aromatic heterocycles. The number of aryl methyl sites for hydroxylation is 1. The minimum atomic E-state index is 0.530. The molecule has 1 spiro atoms. The first-order valence-electron chi connectivity index (χ1n) is 10.0. The largest absolute Gasteiger partial charge is 0.300 e. The van der Waals surface area contributed by atoms with Crippen LogP contribution in [-0.2, 0) is 11.8 Å². The molecule has 0 radical (unpaired) electrons. The molecule has 1 heterocycles. The zero-order chi connectivity index (χ0) is 15.9. The smallest absolute Gasteiger partial charge is 0.00954 e. The van der Waals surface area contributed by atoms with Gasteiger partial charge < -0.3 is 4.90 Å².